The molecule has 0 fully saturated rings. The van der Waals surface area contributed by atoms with Crippen LogP contribution in [0.2, 0.25) is 0 Å². The quantitative estimate of drug-likeness (QED) is 0.752. The maximum absolute atomic E-state index is 13.1. The fraction of sp³-hybridized carbons (Fsp3) is 0.125. The maximum atomic E-state index is 13.1. The fourth-order valence-electron chi connectivity index (χ4n) is 2.08. The number of hydrogen-bond donors (Lipinski definition) is 2. The number of amides is 2. The van der Waals surface area contributed by atoms with Crippen molar-refractivity contribution in [3.8, 4) is 5.82 Å². The molecule has 3 rings (SSSR count). The van der Waals surface area contributed by atoms with Crippen LogP contribution in [0.3, 0.4) is 0 Å². The Balaban J connectivity index is 1.51. The van der Waals surface area contributed by atoms with Gasteiger partial charge in [0.1, 0.15) is 12.1 Å². The summed E-state index contributed by atoms with van der Waals surface area (Å²) in [5, 5.41) is 5.26. The van der Waals surface area contributed by atoms with Crippen LogP contribution in [-0.2, 0) is 6.42 Å². The van der Waals surface area contributed by atoms with Gasteiger partial charge in [-0.15, -0.1) is 0 Å². The number of benzene rings is 1. The van der Waals surface area contributed by atoms with Crippen molar-refractivity contribution in [2.75, 3.05) is 11.9 Å². The number of hydrogen-bond acceptors (Lipinski definition) is 4. The molecular weight excluding hydrogens is 311 g/mol. The zero-order valence-corrected chi connectivity index (χ0v) is 12.7. The van der Waals surface area contributed by atoms with Crippen LogP contribution in [0, 0.1) is 5.82 Å². The van der Waals surface area contributed by atoms with Gasteiger partial charge in [-0.1, -0.05) is 6.07 Å². The van der Waals surface area contributed by atoms with Gasteiger partial charge < -0.3 is 10.6 Å². The first-order chi connectivity index (χ1) is 11.7. The number of aromatic nitrogens is 4. The molecule has 24 heavy (non-hydrogen) atoms. The smallest absolute Gasteiger partial charge is 0.319 e. The predicted octanol–water partition coefficient (Wildman–Crippen LogP) is 2.17. The Labute approximate surface area is 137 Å². The molecule has 122 valence electrons. The van der Waals surface area contributed by atoms with Crippen molar-refractivity contribution in [1.29, 1.82) is 0 Å². The Bertz CT molecular complexity index is 821. The molecule has 0 spiro atoms. The summed E-state index contributed by atoms with van der Waals surface area (Å²) >= 11 is 0. The highest BCUT2D eigenvalue weighted by molar-refractivity contribution is 5.89. The van der Waals surface area contributed by atoms with E-state index < -0.39 is 11.8 Å². The molecule has 2 aromatic heterocycles. The molecule has 0 radical (unpaired) electrons. The van der Waals surface area contributed by atoms with Crippen molar-refractivity contribution >= 4 is 11.7 Å². The van der Waals surface area contributed by atoms with Crippen LogP contribution in [0.4, 0.5) is 14.9 Å². The molecule has 0 saturated heterocycles. The zero-order chi connectivity index (χ0) is 16.8. The molecule has 0 bridgehead atoms. The molecule has 2 amide bonds. The third-order valence-electron chi connectivity index (χ3n) is 3.19. The van der Waals surface area contributed by atoms with Gasteiger partial charge in [0.05, 0.1) is 11.9 Å². The fourth-order valence-corrected chi connectivity index (χ4v) is 2.08. The number of rotatable bonds is 5. The highest BCUT2D eigenvalue weighted by Crippen LogP contribution is 2.08. The third kappa shape index (κ3) is 4.13. The van der Waals surface area contributed by atoms with Crippen LogP contribution in [0.1, 0.15) is 5.69 Å². The first-order valence-corrected chi connectivity index (χ1v) is 7.30. The summed E-state index contributed by atoms with van der Waals surface area (Å²) < 4.78 is 14.8. The molecule has 3 aromatic rings. The lowest BCUT2D eigenvalue weighted by atomic mass is 10.3. The second-order valence-corrected chi connectivity index (χ2v) is 4.98. The Kier molecular flexibility index (Phi) is 4.76. The second-order valence-electron chi connectivity index (χ2n) is 4.98. The van der Waals surface area contributed by atoms with E-state index in [1.54, 1.807) is 41.7 Å². The lowest BCUT2D eigenvalue weighted by molar-refractivity contribution is 0.252. The molecule has 2 heterocycles. The summed E-state index contributed by atoms with van der Waals surface area (Å²) in [7, 11) is 0. The lowest BCUT2D eigenvalue weighted by Gasteiger charge is -2.08. The minimum Gasteiger partial charge on any atom is -0.337 e. The number of nitrogens with one attached hydrogen (secondary N) is 2. The molecule has 1 aromatic carbocycles. The summed E-state index contributed by atoms with van der Waals surface area (Å²) in [6.45, 7) is 0.378. The average Bonchev–Trinajstić information content (AvgIpc) is 3.10. The number of carbonyl (C=O) groups is 1. The Morgan fingerprint density at radius 3 is 2.96 bits per heavy atom. The van der Waals surface area contributed by atoms with Gasteiger partial charge in [-0.3, -0.25) is 9.55 Å². The van der Waals surface area contributed by atoms with E-state index in [0.717, 1.165) is 5.69 Å². The predicted molar refractivity (Wildman–Crippen MR) is 86.3 cm³/mol. The van der Waals surface area contributed by atoms with Crippen LogP contribution < -0.4 is 10.6 Å². The molecule has 7 nitrogen and oxygen atoms in total. The van der Waals surface area contributed by atoms with Gasteiger partial charge in [0.25, 0.3) is 0 Å². The largest absolute Gasteiger partial charge is 0.337 e. The van der Waals surface area contributed by atoms with Gasteiger partial charge in [-0.2, -0.15) is 0 Å². The minimum absolute atomic E-state index is 0.378. The third-order valence-corrected chi connectivity index (χ3v) is 3.19. The van der Waals surface area contributed by atoms with E-state index in [1.165, 1.54) is 18.2 Å². The summed E-state index contributed by atoms with van der Waals surface area (Å²) in [4.78, 5) is 24.3. The van der Waals surface area contributed by atoms with Gasteiger partial charge >= 0.3 is 6.03 Å². The van der Waals surface area contributed by atoms with Gasteiger partial charge in [0.2, 0.25) is 0 Å². The first-order valence-electron chi connectivity index (χ1n) is 7.30. The number of anilines is 1. The standard InChI is InChI=1S/C16H15FN6O/c17-12-2-1-3-13(8-12)22-16(24)20-5-4-14-9-19-10-15(21-14)23-7-6-18-11-23/h1-3,6-11H,4-5H2,(H2,20,22,24). The van der Waals surface area contributed by atoms with Gasteiger partial charge in [-0.25, -0.2) is 19.2 Å². The Hall–Kier alpha value is -3.29. The molecule has 0 aliphatic heterocycles. The topological polar surface area (TPSA) is 84.7 Å². The Morgan fingerprint density at radius 2 is 2.17 bits per heavy atom. The monoisotopic (exact) mass is 326 g/mol. The molecule has 0 aliphatic carbocycles. The van der Waals surface area contributed by atoms with Crippen molar-refractivity contribution in [2.24, 2.45) is 0 Å². The number of nitrogens with zero attached hydrogens (tertiary/aromatic N) is 4. The average molecular weight is 326 g/mol. The van der Waals surface area contributed by atoms with E-state index in [9.17, 15) is 9.18 Å². The van der Waals surface area contributed by atoms with Crippen LogP contribution in [0.25, 0.3) is 5.82 Å². The molecule has 0 saturated carbocycles. The van der Waals surface area contributed by atoms with Crippen molar-refractivity contribution in [3.05, 3.63) is 66.9 Å². The van der Waals surface area contributed by atoms with Crippen molar-refractivity contribution < 1.29 is 9.18 Å². The highest BCUT2D eigenvalue weighted by atomic mass is 19.1. The van der Waals surface area contributed by atoms with Crippen LogP contribution in [0.15, 0.2) is 55.4 Å². The van der Waals surface area contributed by atoms with Crippen molar-refractivity contribution in [1.82, 2.24) is 24.8 Å². The van der Waals surface area contributed by atoms with E-state index in [-0.39, 0.29) is 0 Å². The van der Waals surface area contributed by atoms with Crippen LogP contribution in [-0.4, -0.2) is 32.1 Å². The van der Waals surface area contributed by atoms with E-state index in [0.29, 0.717) is 24.5 Å². The SMILES string of the molecule is O=C(NCCc1cncc(-n2ccnc2)n1)Nc1cccc(F)c1. The van der Waals surface area contributed by atoms with E-state index >= 15 is 0 Å². The Morgan fingerprint density at radius 1 is 1.25 bits per heavy atom. The van der Waals surface area contributed by atoms with Crippen LogP contribution in [0.5, 0.6) is 0 Å². The van der Waals surface area contributed by atoms with Gasteiger partial charge in [0, 0.05) is 37.2 Å². The summed E-state index contributed by atoms with van der Waals surface area (Å²) in [5.74, 6) is 0.258. The van der Waals surface area contributed by atoms with Gasteiger partial charge in [-0.05, 0) is 18.2 Å². The van der Waals surface area contributed by atoms with Crippen molar-refractivity contribution in [2.45, 2.75) is 6.42 Å². The van der Waals surface area contributed by atoms with Gasteiger partial charge in [0.15, 0.2) is 5.82 Å². The molecule has 0 atom stereocenters. The maximum Gasteiger partial charge on any atom is 0.319 e. The highest BCUT2D eigenvalue weighted by Gasteiger charge is 2.04. The summed E-state index contributed by atoms with van der Waals surface area (Å²) in [5.41, 5.74) is 1.14. The number of halogens is 1. The number of carbonyl (C=O) groups excluding carboxylic acids is 1. The van der Waals surface area contributed by atoms with E-state index in [4.69, 9.17) is 0 Å². The van der Waals surface area contributed by atoms with Crippen LogP contribution >= 0.6 is 0 Å². The second kappa shape index (κ2) is 7.32. The number of imidazole rings is 1. The summed E-state index contributed by atoms with van der Waals surface area (Å²) in [6, 6.07) is 5.30. The zero-order valence-electron chi connectivity index (χ0n) is 12.7. The molecule has 2 N–H and O–H groups in total. The molecule has 8 heteroatoms. The normalized spacial score (nSPS) is 10.4. The van der Waals surface area contributed by atoms with E-state index in [2.05, 4.69) is 25.6 Å². The van der Waals surface area contributed by atoms with E-state index in [1.807, 2.05) is 0 Å². The minimum atomic E-state index is -0.403. The molecule has 0 aliphatic rings. The first kappa shape index (κ1) is 15.6. The van der Waals surface area contributed by atoms with Crippen molar-refractivity contribution in [3.63, 3.8) is 0 Å². The molecule has 0 unspecified atom stereocenters. The number of urea groups is 1. The summed E-state index contributed by atoms with van der Waals surface area (Å²) in [6.07, 6.45) is 8.87. The lowest BCUT2D eigenvalue weighted by Crippen LogP contribution is -2.30. The molecular formula is C16H15FN6O.